The maximum absolute atomic E-state index is 5.77. The number of nitrogens with two attached hydrogens (primary N) is 1. The van der Waals surface area contributed by atoms with Crippen molar-refractivity contribution in [2.75, 3.05) is 5.73 Å². The van der Waals surface area contributed by atoms with Crippen molar-refractivity contribution in [2.24, 2.45) is 5.92 Å². The molecule has 0 radical (unpaired) electrons. The van der Waals surface area contributed by atoms with Gasteiger partial charge in [0.1, 0.15) is 0 Å². The van der Waals surface area contributed by atoms with Crippen LogP contribution in [0.5, 0.6) is 0 Å². The lowest BCUT2D eigenvalue weighted by molar-refractivity contribution is 0.477. The average Bonchev–Trinajstić information content (AvgIpc) is 2.72. The van der Waals surface area contributed by atoms with E-state index in [0.29, 0.717) is 0 Å². The molecule has 0 aliphatic carbocycles. The maximum Gasteiger partial charge on any atom is 0.0314 e. The minimum Gasteiger partial charge on any atom is -0.399 e. The fourth-order valence-electron chi connectivity index (χ4n) is 4.15. The number of rotatable bonds is 15. The van der Waals surface area contributed by atoms with Crippen LogP contribution in [0.15, 0.2) is 48.5 Å². The number of hydrogen-bond acceptors (Lipinski definition) is 1. The zero-order valence-corrected chi connectivity index (χ0v) is 19.0. The predicted octanol–water partition coefficient (Wildman–Crippen LogP) is 8.35. The van der Waals surface area contributed by atoms with E-state index in [-0.39, 0.29) is 0 Å². The molecule has 0 heterocycles. The topological polar surface area (TPSA) is 26.0 Å². The number of nitrogen functional groups attached to an aromatic ring is 1. The van der Waals surface area contributed by atoms with E-state index in [1.807, 2.05) is 12.1 Å². The molecule has 0 saturated heterocycles. The van der Waals surface area contributed by atoms with Crippen molar-refractivity contribution in [1.29, 1.82) is 0 Å². The van der Waals surface area contributed by atoms with Gasteiger partial charge in [0.25, 0.3) is 0 Å². The summed E-state index contributed by atoms with van der Waals surface area (Å²) in [6.45, 7) is 4.70. The van der Waals surface area contributed by atoms with E-state index in [4.69, 9.17) is 5.73 Å². The predicted molar refractivity (Wildman–Crippen MR) is 129 cm³/mol. The number of anilines is 1. The van der Waals surface area contributed by atoms with E-state index in [0.717, 1.165) is 18.0 Å². The van der Waals surface area contributed by atoms with Gasteiger partial charge in [-0.25, -0.2) is 0 Å². The summed E-state index contributed by atoms with van der Waals surface area (Å²) in [7, 11) is 0. The molecule has 0 aromatic heterocycles. The Balaban J connectivity index is 1.55. The highest BCUT2D eigenvalue weighted by Gasteiger charge is 2.05. The molecule has 2 aromatic carbocycles. The lowest BCUT2D eigenvalue weighted by Crippen LogP contribution is -2.00. The molecule has 2 rings (SSSR count). The van der Waals surface area contributed by atoms with Crippen LogP contribution in [0.2, 0.25) is 0 Å². The summed E-state index contributed by atoms with van der Waals surface area (Å²) in [6, 6.07) is 17.4. The molecule has 1 heteroatoms. The van der Waals surface area contributed by atoms with Gasteiger partial charge < -0.3 is 5.73 Å². The molecule has 0 amide bonds. The van der Waals surface area contributed by atoms with Gasteiger partial charge in [-0.2, -0.15) is 0 Å². The lowest BCUT2D eigenvalue weighted by atomic mass is 9.94. The minimum atomic E-state index is 0.784. The normalized spacial score (nSPS) is 12.2. The van der Waals surface area contributed by atoms with Gasteiger partial charge >= 0.3 is 0 Å². The SMILES string of the molecule is CCCCCCCCCCCCC(C)Cc1ccc(Cc2ccc(N)cc2)cc1. The van der Waals surface area contributed by atoms with Crippen LogP contribution >= 0.6 is 0 Å². The molecule has 0 saturated carbocycles. The van der Waals surface area contributed by atoms with Gasteiger partial charge in [-0.15, -0.1) is 0 Å². The first-order valence-electron chi connectivity index (χ1n) is 12.1. The first kappa shape index (κ1) is 23.5. The van der Waals surface area contributed by atoms with Crippen LogP contribution in [0, 0.1) is 5.92 Å². The Bertz CT molecular complexity index is 641. The third kappa shape index (κ3) is 10.5. The summed E-state index contributed by atoms with van der Waals surface area (Å²) >= 11 is 0. The molecule has 1 unspecified atom stereocenters. The van der Waals surface area contributed by atoms with Crippen LogP contribution in [0.4, 0.5) is 5.69 Å². The molecule has 1 nitrogen and oxygen atoms in total. The van der Waals surface area contributed by atoms with Crippen molar-refractivity contribution in [3.8, 4) is 0 Å². The highest BCUT2D eigenvalue weighted by Crippen LogP contribution is 2.19. The highest BCUT2D eigenvalue weighted by molar-refractivity contribution is 5.40. The monoisotopic (exact) mass is 393 g/mol. The van der Waals surface area contributed by atoms with Crippen molar-refractivity contribution >= 4 is 5.69 Å². The van der Waals surface area contributed by atoms with E-state index in [1.165, 1.54) is 93.7 Å². The molecule has 160 valence electrons. The Morgan fingerprint density at radius 2 is 1.07 bits per heavy atom. The minimum absolute atomic E-state index is 0.784. The van der Waals surface area contributed by atoms with Crippen molar-refractivity contribution in [3.63, 3.8) is 0 Å². The van der Waals surface area contributed by atoms with E-state index in [1.54, 1.807) is 0 Å². The third-order valence-corrected chi connectivity index (χ3v) is 6.05. The second-order valence-electron chi connectivity index (χ2n) is 9.01. The van der Waals surface area contributed by atoms with Crippen molar-refractivity contribution in [3.05, 3.63) is 65.2 Å². The Kier molecular flexibility index (Phi) is 11.6. The van der Waals surface area contributed by atoms with Crippen LogP contribution in [-0.2, 0) is 12.8 Å². The summed E-state index contributed by atoms with van der Waals surface area (Å²) in [5.41, 5.74) is 10.8. The first-order valence-corrected chi connectivity index (χ1v) is 12.1. The van der Waals surface area contributed by atoms with E-state index >= 15 is 0 Å². The van der Waals surface area contributed by atoms with Gasteiger partial charge in [0, 0.05) is 5.69 Å². The molecule has 0 fully saturated rings. The number of benzene rings is 2. The summed E-state index contributed by atoms with van der Waals surface area (Å²) in [6.07, 6.45) is 17.8. The van der Waals surface area contributed by atoms with Gasteiger partial charge in [0.2, 0.25) is 0 Å². The van der Waals surface area contributed by atoms with Gasteiger partial charge in [0.15, 0.2) is 0 Å². The molecular weight excluding hydrogens is 350 g/mol. The van der Waals surface area contributed by atoms with Gasteiger partial charge in [-0.1, -0.05) is 121 Å². The summed E-state index contributed by atoms with van der Waals surface area (Å²) in [5, 5.41) is 0. The number of unbranched alkanes of at least 4 members (excludes halogenated alkanes) is 9. The van der Waals surface area contributed by atoms with E-state index in [9.17, 15) is 0 Å². The van der Waals surface area contributed by atoms with Crippen molar-refractivity contribution in [1.82, 2.24) is 0 Å². The fourth-order valence-corrected chi connectivity index (χ4v) is 4.15. The zero-order chi connectivity index (χ0) is 20.7. The molecule has 0 spiro atoms. The van der Waals surface area contributed by atoms with Crippen LogP contribution in [0.3, 0.4) is 0 Å². The highest BCUT2D eigenvalue weighted by atomic mass is 14.5. The van der Waals surface area contributed by atoms with Crippen LogP contribution in [0.25, 0.3) is 0 Å². The largest absolute Gasteiger partial charge is 0.399 e. The molecule has 0 bridgehead atoms. The van der Waals surface area contributed by atoms with Crippen LogP contribution in [0.1, 0.15) is 101 Å². The average molecular weight is 394 g/mol. The van der Waals surface area contributed by atoms with Crippen LogP contribution < -0.4 is 5.73 Å². The molecule has 29 heavy (non-hydrogen) atoms. The van der Waals surface area contributed by atoms with E-state index in [2.05, 4.69) is 50.2 Å². The van der Waals surface area contributed by atoms with Gasteiger partial charge in [-0.3, -0.25) is 0 Å². The van der Waals surface area contributed by atoms with Crippen LogP contribution in [-0.4, -0.2) is 0 Å². The summed E-state index contributed by atoms with van der Waals surface area (Å²) in [4.78, 5) is 0. The lowest BCUT2D eigenvalue weighted by Gasteiger charge is -2.12. The Hall–Kier alpha value is -1.76. The summed E-state index contributed by atoms with van der Waals surface area (Å²) in [5.74, 6) is 0.784. The van der Waals surface area contributed by atoms with Crippen molar-refractivity contribution in [2.45, 2.75) is 97.3 Å². The quantitative estimate of drug-likeness (QED) is 0.239. The first-order chi connectivity index (χ1) is 14.2. The van der Waals surface area contributed by atoms with Gasteiger partial charge in [-0.05, 0) is 47.6 Å². The smallest absolute Gasteiger partial charge is 0.0314 e. The number of hydrogen-bond donors (Lipinski definition) is 1. The Morgan fingerprint density at radius 1 is 0.621 bits per heavy atom. The van der Waals surface area contributed by atoms with E-state index < -0.39 is 0 Å². The molecule has 0 aliphatic rings. The molecule has 2 aromatic rings. The zero-order valence-electron chi connectivity index (χ0n) is 19.0. The Morgan fingerprint density at radius 3 is 1.62 bits per heavy atom. The third-order valence-electron chi connectivity index (χ3n) is 6.05. The summed E-state index contributed by atoms with van der Waals surface area (Å²) < 4.78 is 0. The standard InChI is InChI=1S/C28H43N/c1-3-4-5-6-7-8-9-10-11-12-13-24(2)22-25-14-16-26(17-15-25)23-27-18-20-28(29)21-19-27/h14-21,24H,3-13,22-23,29H2,1-2H3. The molecular formula is C28H43N. The molecule has 0 aliphatic heterocycles. The molecule has 1 atom stereocenters. The van der Waals surface area contributed by atoms with Gasteiger partial charge in [0.05, 0.1) is 0 Å². The second kappa shape index (κ2) is 14.3. The second-order valence-corrected chi connectivity index (χ2v) is 9.01. The Labute approximate surface area is 180 Å². The fraction of sp³-hybridized carbons (Fsp3) is 0.571. The molecule has 2 N–H and O–H groups in total. The maximum atomic E-state index is 5.77. The van der Waals surface area contributed by atoms with Crippen molar-refractivity contribution < 1.29 is 0 Å².